The Kier molecular flexibility index (Phi) is 4.26. The number of benzene rings is 1. The topological polar surface area (TPSA) is 34.1 Å². The van der Waals surface area contributed by atoms with Crippen LogP contribution in [-0.2, 0) is 8.87 Å². The third-order valence-electron chi connectivity index (χ3n) is 1.04. The molecule has 1 aromatic carbocycles. The summed E-state index contributed by atoms with van der Waals surface area (Å²) in [6.07, 6.45) is 0. The van der Waals surface area contributed by atoms with Crippen molar-refractivity contribution >= 4 is 39.4 Å². The molecule has 0 amide bonds. The van der Waals surface area contributed by atoms with Gasteiger partial charge in [-0.15, -0.1) is 0 Å². The van der Waals surface area contributed by atoms with Crippen molar-refractivity contribution in [1.29, 1.82) is 0 Å². The molecule has 2 nitrogen and oxygen atoms in total. The molecule has 0 unspecified atom stereocenters. The van der Waals surface area contributed by atoms with Crippen molar-refractivity contribution < 1.29 is 8.42 Å². The van der Waals surface area contributed by atoms with Crippen molar-refractivity contribution in [1.82, 2.24) is 0 Å². The van der Waals surface area contributed by atoms with Gasteiger partial charge in [-0.25, -0.2) is 8.42 Å². The van der Waals surface area contributed by atoms with Crippen LogP contribution in [0.25, 0.3) is 0 Å². The van der Waals surface area contributed by atoms with E-state index in [9.17, 15) is 8.42 Å². The maximum absolute atomic E-state index is 10.7. The van der Waals surface area contributed by atoms with Gasteiger partial charge in [-0.3, -0.25) is 0 Å². The molecule has 0 aromatic heterocycles. The van der Waals surface area contributed by atoms with E-state index in [0.29, 0.717) is 0 Å². The van der Waals surface area contributed by atoms with E-state index in [4.69, 9.17) is 0 Å². The first-order valence-corrected chi connectivity index (χ1v) is 5.17. The summed E-state index contributed by atoms with van der Waals surface area (Å²) < 4.78 is 21.4. The van der Waals surface area contributed by atoms with Gasteiger partial charge in [-0.2, -0.15) is 0 Å². The summed E-state index contributed by atoms with van der Waals surface area (Å²) in [5, 5.41) is 0. The number of rotatable bonds is 1. The van der Waals surface area contributed by atoms with E-state index in [-0.39, 0.29) is 23.8 Å². The van der Waals surface area contributed by atoms with Crippen LogP contribution in [0.5, 0.6) is 0 Å². The summed E-state index contributed by atoms with van der Waals surface area (Å²) in [6, 6.07) is 8.07. The molecule has 0 radical (unpaired) electrons. The summed E-state index contributed by atoms with van der Waals surface area (Å²) in [5.74, 6) is 0. The van der Waals surface area contributed by atoms with Crippen LogP contribution in [0.2, 0.25) is 0 Å². The molecule has 1 aromatic rings. The van der Waals surface area contributed by atoms with Crippen molar-refractivity contribution in [3.63, 3.8) is 0 Å². The Morgan fingerprint density at radius 2 is 1.55 bits per heavy atom. The average Bonchev–Trinajstić information content (AvgIpc) is 1.88. The molecule has 0 bridgehead atoms. The summed E-state index contributed by atoms with van der Waals surface area (Å²) in [7, 11) is -3.31. The van der Waals surface area contributed by atoms with E-state index < -0.39 is 8.87 Å². The maximum atomic E-state index is 10.7. The van der Waals surface area contributed by atoms with Gasteiger partial charge >= 0.3 is 18.9 Å². The Hall–Kier alpha value is 0.117. The molecule has 11 heavy (non-hydrogen) atoms. The van der Waals surface area contributed by atoms with Crippen LogP contribution in [0.3, 0.4) is 0 Å². The first-order chi connectivity index (χ1) is 4.61. The Bertz CT molecular complexity index is 307. The van der Waals surface area contributed by atoms with Crippen LogP contribution >= 0.6 is 11.7 Å². The van der Waals surface area contributed by atoms with Gasteiger partial charge in [0.1, 0.15) is 0 Å². The number of hydrogen-bond donors (Lipinski definition) is 1. The fraction of sp³-hybridized carbons (Fsp3) is 0. The zero-order valence-electron chi connectivity index (χ0n) is 5.06. The zero-order valence-corrected chi connectivity index (χ0v) is 6.77. The van der Waals surface area contributed by atoms with Gasteiger partial charge in [-0.05, 0) is 23.8 Å². The predicted molar refractivity (Wildman–Crippen MR) is 49.8 cm³/mol. The molecule has 56 valence electrons. The van der Waals surface area contributed by atoms with Crippen molar-refractivity contribution in [2.75, 3.05) is 0 Å². The minimum atomic E-state index is -3.31. The van der Waals surface area contributed by atoms with Crippen LogP contribution in [0.4, 0.5) is 0 Å². The van der Waals surface area contributed by atoms with Crippen LogP contribution in [0.15, 0.2) is 35.2 Å². The van der Waals surface area contributed by atoms with Gasteiger partial charge in [0.05, 0.1) is 4.90 Å². The molecule has 1 rings (SSSR count). The molecular weight excluding hydrogens is 175 g/mol. The molecule has 0 N–H and O–H groups in total. The molecule has 0 atom stereocenters. The van der Waals surface area contributed by atoms with Gasteiger partial charge in [0.25, 0.3) is 0 Å². The van der Waals surface area contributed by atoms with Gasteiger partial charge in [0.15, 0.2) is 0 Å². The van der Waals surface area contributed by atoms with Crippen molar-refractivity contribution in [2.24, 2.45) is 0 Å². The summed E-state index contributed by atoms with van der Waals surface area (Å²) in [5.41, 5.74) is 0. The second-order valence-corrected chi connectivity index (χ2v) is 4.65. The molecule has 0 saturated heterocycles. The van der Waals surface area contributed by atoms with E-state index in [1.807, 2.05) is 0 Å². The van der Waals surface area contributed by atoms with E-state index >= 15 is 0 Å². The molecule has 0 spiro atoms. The van der Waals surface area contributed by atoms with E-state index in [1.54, 1.807) is 18.2 Å². The Morgan fingerprint density at radius 3 is 1.82 bits per heavy atom. The number of hydrogen-bond acceptors (Lipinski definition) is 2. The third kappa shape index (κ3) is 3.34. The fourth-order valence-electron chi connectivity index (χ4n) is 0.592. The molecule has 0 aliphatic carbocycles. The molecule has 0 saturated carbocycles. The molecular formula is C6H7LiO2S2. The van der Waals surface area contributed by atoms with E-state index in [1.165, 1.54) is 12.1 Å². The normalized spacial score (nSPS) is 10.3. The van der Waals surface area contributed by atoms with Gasteiger partial charge in [-0.1, -0.05) is 18.2 Å². The first-order valence-electron chi connectivity index (χ1n) is 2.63. The third-order valence-corrected chi connectivity index (χ3v) is 2.54. The van der Waals surface area contributed by atoms with Crippen molar-refractivity contribution in [2.45, 2.75) is 4.90 Å². The Labute approximate surface area is 82.9 Å². The van der Waals surface area contributed by atoms with Crippen LogP contribution in [0, 0.1) is 0 Å². The minimum absolute atomic E-state index is 0. The molecule has 0 aliphatic rings. The van der Waals surface area contributed by atoms with E-state index in [2.05, 4.69) is 11.7 Å². The Balaban J connectivity index is 0.000001000. The second-order valence-electron chi connectivity index (χ2n) is 1.79. The fourth-order valence-corrected chi connectivity index (χ4v) is 1.46. The Morgan fingerprint density at radius 1 is 1.09 bits per heavy atom. The van der Waals surface area contributed by atoms with Crippen LogP contribution in [0.1, 0.15) is 0 Å². The van der Waals surface area contributed by atoms with Gasteiger partial charge in [0.2, 0.25) is 8.87 Å². The van der Waals surface area contributed by atoms with E-state index in [0.717, 1.165) is 0 Å². The summed E-state index contributed by atoms with van der Waals surface area (Å²) in [4.78, 5) is 0.235. The molecule has 0 aliphatic heterocycles. The zero-order chi connectivity index (χ0) is 7.61. The van der Waals surface area contributed by atoms with Crippen molar-refractivity contribution in [3.8, 4) is 0 Å². The SMILES string of the molecule is O=S(=O)(S)c1ccccc1.[LiH]. The van der Waals surface area contributed by atoms with Crippen LogP contribution in [-0.4, -0.2) is 27.3 Å². The van der Waals surface area contributed by atoms with Gasteiger partial charge in [0, 0.05) is 0 Å². The quantitative estimate of drug-likeness (QED) is 0.393. The summed E-state index contributed by atoms with van der Waals surface area (Å²) in [6.45, 7) is 0. The molecule has 5 heteroatoms. The molecule has 0 heterocycles. The standard InChI is InChI=1S/C6H6O2S2.Li.H/c7-10(8,9)6-4-2-1-3-5-6;;/h1-5H,(H,7,8,9);;. The first kappa shape index (κ1) is 11.1. The summed E-state index contributed by atoms with van der Waals surface area (Å²) >= 11 is 3.42. The second kappa shape index (κ2) is 4.22. The number of thiol groups is 1. The monoisotopic (exact) mass is 182 g/mol. The average molecular weight is 182 g/mol. The molecule has 0 fully saturated rings. The predicted octanol–water partition coefficient (Wildman–Crippen LogP) is 0.657. The van der Waals surface area contributed by atoms with Gasteiger partial charge < -0.3 is 0 Å². The van der Waals surface area contributed by atoms with Crippen LogP contribution < -0.4 is 0 Å². The van der Waals surface area contributed by atoms with Crippen molar-refractivity contribution in [3.05, 3.63) is 30.3 Å².